The molecule has 40 heavy (non-hydrogen) atoms. The van der Waals surface area contributed by atoms with Crippen molar-refractivity contribution in [2.45, 2.75) is 35.6 Å². The van der Waals surface area contributed by atoms with Crippen LogP contribution in [0.15, 0.2) is 51.2 Å². The second-order valence-electron chi connectivity index (χ2n) is 8.99. The number of hydrogen-bond acceptors (Lipinski definition) is 11. The molecule has 3 amide bonds. The molecular weight excluding hydrogens is 579 g/mol. The van der Waals surface area contributed by atoms with E-state index < -0.39 is 29.2 Å². The first-order valence-electron chi connectivity index (χ1n) is 12.3. The SMILES string of the molecule is CO/N=C(\C(=O)N[C@@H]1C(=O)N2C(C(=O)O)=C(CSc3cc[n+](N4CCCCC4=O)cc3)CS[C@H]12)c1csc(N)n1. The molecular formula is C24H26N7O6S3+. The largest absolute Gasteiger partial charge is 0.477 e. The molecule has 2 aromatic rings. The van der Waals surface area contributed by atoms with Crippen LogP contribution in [0.1, 0.15) is 25.0 Å². The molecule has 0 bridgehead atoms. The first-order valence-corrected chi connectivity index (χ1v) is 15.2. The Kier molecular flexibility index (Phi) is 8.27. The lowest BCUT2D eigenvalue weighted by atomic mass is 10.0. The molecule has 0 saturated carbocycles. The molecule has 210 valence electrons. The van der Waals surface area contributed by atoms with Crippen molar-refractivity contribution in [1.29, 1.82) is 0 Å². The van der Waals surface area contributed by atoms with Crippen LogP contribution in [0, 0.1) is 0 Å². The van der Waals surface area contributed by atoms with E-state index in [1.807, 2.05) is 24.5 Å². The first-order chi connectivity index (χ1) is 19.3. The molecule has 4 N–H and O–H groups in total. The normalized spacial score (nSPS) is 21.2. The zero-order valence-corrected chi connectivity index (χ0v) is 23.8. The van der Waals surface area contributed by atoms with Crippen molar-refractivity contribution in [2.24, 2.45) is 5.16 Å². The summed E-state index contributed by atoms with van der Waals surface area (Å²) in [6.07, 6.45) is 6.04. The van der Waals surface area contributed by atoms with Crippen LogP contribution in [0.3, 0.4) is 0 Å². The highest BCUT2D eigenvalue weighted by Gasteiger charge is 2.54. The molecule has 16 heteroatoms. The number of anilines is 1. The van der Waals surface area contributed by atoms with Crippen LogP contribution in [0.4, 0.5) is 5.13 Å². The minimum atomic E-state index is -1.20. The number of hydrogen-bond donors (Lipinski definition) is 3. The van der Waals surface area contributed by atoms with Crippen LogP contribution >= 0.6 is 34.9 Å². The van der Waals surface area contributed by atoms with Gasteiger partial charge in [-0.3, -0.25) is 19.3 Å². The van der Waals surface area contributed by atoms with Gasteiger partial charge in [-0.05, 0) is 18.4 Å². The third-order valence-electron chi connectivity index (χ3n) is 6.47. The van der Waals surface area contributed by atoms with Crippen molar-refractivity contribution >= 4 is 69.4 Å². The van der Waals surface area contributed by atoms with Gasteiger partial charge in [0.2, 0.25) is 12.4 Å². The Morgan fingerprint density at radius 2 is 2.10 bits per heavy atom. The number of oxime groups is 1. The van der Waals surface area contributed by atoms with E-state index in [1.54, 1.807) is 15.1 Å². The Labute approximate surface area is 241 Å². The molecule has 2 saturated heterocycles. The first kappa shape index (κ1) is 27.9. The van der Waals surface area contributed by atoms with Crippen LogP contribution in [0.2, 0.25) is 0 Å². The Morgan fingerprint density at radius 3 is 2.75 bits per heavy atom. The average Bonchev–Trinajstić information content (AvgIpc) is 3.38. The lowest BCUT2D eigenvalue weighted by molar-refractivity contribution is -0.684. The summed E-state index contributed by atoms with van der Waals surface area (Å²) < 4.78 is 1.77. The molecule has 0 unspecified atom stereocenters. The number of nitrogens with zero attached hydrogens (tertiary/aromatic N) is 5. The number of thiazole rings is 1. The molecule has 0 aliphatic carbocycles. The number of β-lactam (4-membered cyclic amide) rings is 1. The molecule has 5 heterocycles. The molecule has 3 aliphatic rings. The number of carbonyl (C=O) groups excluding carboxylic acids is 3. The minimum Gasteiger partial charge on any atom is -0.477 e. The van der Waals surface area contributed by atoms with Gasteiger partial charge in [-0.2, -0.15) is 0 Å². The van der Waals surface area contributed by atoms with Crippen LogP contribution in [0.25, 0.3) is 0 Å². The molecule has 0 spiro atoms. The fraction of sp³-hybridized carbons (Fsp3) is 0.375. The van der Waals surface area contributed by atoms with Crippen molar-refractivity contribution < 1.29 is 33.8 Å². The summed E-state index contributed by atoms with van der Waals surface area (Å²) in [6, 6.07) is 2.82. The number of fused-ring (bicyclic) bond motifs is 1. The van der Waals surface area contributed by atoms with E-state index in [2.05, 4.69) is 15.5 Å². The van der Waals surface area contributed by atoms with Gasteiger partial charge in [-0.1, -0.05) is 9.83 Å². The second kappa shape index (κ2) is 11.9. The summed E-state index contributed by atoms with van der Waals surface area (Å²) >= 11 is 3.96. The van der Waals surface area contributed by atoms with Crippen molar-refractivity contribution in [1.82, 2.24) is 15.2 Å². The number of rotatable bonds is 9. The maximum Gasteiger partial charge on any atom is 0.352 e. The van der Waals surface area contributed by atoms with Gasteiger partial charge in [0.25, 0.3) is 17.7 Å². The number of aromatic nitrogens is 2. The van der Waals surface area contributed by atoms with E-state index in [-0.39, 0.29) is 28.1 Å². The Hall–Kier alpha value is -3.63. The van der Waals surface area contributed by atoms with E-state index in [0.717, 1.165) is 29.1 Å². The summed E-state index contributed by atoms with van der Waals surface area (Å²) in [4.78, 5) is 61.3. The number of nitrogens with one attached hydrogen (secondary N) is 1. The van der Waals surface area contributed by atoms with E-state index in [9.17, 15) is 24.3 Å². The third kappa shape index (κ3) is 5.51. The molecule has 13 nitrogen and oxygen atoms in total. The van der Waals surface area contributed by atoms with Gasteiger partial charge in [-0.15, -0.1) is 39.9 Å². The van der Waals surface area contributed by atoms with Gasteiger partial charge in [0.1, 0.15) is 29.9 Å². The van der Waals surface area contributed by atoms with Gasteiger partial charge < -0.3 is 21.0 Å². The van der Waals surface area contributed by atoms with Crippen molar-refractivity contribution in [3.63, 3.8) is 0 Å². The maximum atomic E-state index is 13.1. The number of carboxylic acids is 1. The Morgan fingerprint density at radius 1 is 1.32 bits per heavy atom. The monoisotopic (exact) mass is 604 g/mol. The van der Waals surface area contributed by atoms with Gasteiger partial charge >= 0.3 is 5.97 Å². The fourth-order valence-corrected chi connectivity index (χ4v) is 7.48. The van der Waals surface area contributed by atoms with Gasteiger partial charge in [-0.25, -0.2) is 9.78 Å². The van der Waals surface area contributed by atoms with E-state index in [1.165, 1.54) is 35.5 Å². The second-order valence-corrected chi connectivity index (χ2v) is 12.0. The molecule has 0 aromatic carbocycles. The average molecular weight is 605 g/mol. The summed E-state index contributed by atoms with van der Waals surface area (Å²) in [5.74, 6) is -1.57. The smallest absolute Gasteiger partial charge is 0.352 e. The number of piperidine rings is 1. The van der Waals surface area contributed by atoms with Crippen molar-refractivity contribution in [3.8, 4) is 0 Å². The number of carbonyl (C=O) groups is 4. The Bertz CT molecular complexity index is 1410. The highest BCUT2D eigenvalue weighted by atomic mass is 32.2. The zero-order chi connectivity index (χ0) is 28.4. The third-order valence-corrected chi connectivity index (χ3v) is 9.58. The topological polar surface area (TPSA) is 171 Å². The minimum absolute atomic E-state index is 0.0604. The summed E-state index contributed by atoms with van der Waals surface area (Å²) in [7, 11) is 1.28. The predicted octanol–water partition coefficient (Wildman–Crippen LogP) is 0.543. The van der Waals surface area contributed by atoms with Gasteiger partial charge in [0.05, 0.1) is 6.54 Å². The molecule has 2 aromatic heterocycles. The summed E-state index contributed by atoms with van der Waals surface area (Å²) in [5.41, 5.74) is 6.28. The van der Waals surface area contributed by atoms with Crippen LogP contribution in [-0.2, 0) is 24.0 Å². The molecule has 2 fully saturated rings. The number of nitrogen functional groups attached to an aromatic ring is 1. The van der Waals surface area contributed by atoms with E-state index in [0.29, 0.717) is 30.0 Å². The molecule has 0 radical (unpaired) electrons. The van der Waals surface area contributed by atoms with E-state index >= 15 is 0 Å². The lowest BCUT2D eigenvalue weighted by Gasteiger charge is -2.49. The number of aliphatic carboxylic acids is 1. The van der Waals surface area contributed by atoms with Crippen LogP contribution in [0.5, 0.6) is 0 Å². The summed E-state index contributed by atoms with van der Waals surface area (Å²) in [5, 5.41) is 19.3. The number of nitrogens with two attached hydrogens (primary N) is 1. The molecule has 3 aliphatic heterocycles. The van der Waals surface area contributed by atoms with Crippen molar-refractivity contribution in [3.05, 3.63) is 46.9 Å². The number of thioether (sulfide) groups is 2. The van der Waals surface area contributed by atoms with Crippen molar-refractivity contribution in [2.75, 3.05) is 35.9 Å². The highest BCUT2D eigenvalue weighted by molar-refractivity contribution is 8.01. The number of carboxylic acid groups (broad SMARTS) is 1. The highest BCUT2D eigenvalue weighted by Crippen LogP contribution is 2.41. The van der Waals surface area contributed by atoms with Gasteiger partial charge in [0.15, 0.2) is 10.8 Å². The predicted molar refractivity (Wildman–Crippen MR) is 149 cm³/mol. The van der Waals surface area contributed by atoms with Crippen LogP contribution < -0.4 is 20.7 Å². The summed E-state index contributed by atoms with van der Waals surface area (Å²) in [6.45, 7) is 0.675. The van der Waals surface area contributed by atoms with E-state index in [4.69, 9.17) is 10.6 Å². The standard InChI is InChI=1S/C24H25N7O6S3/c1-37-28-17(15-12-40-24(25)26-15)20(33)27-18-21(34)31-19(23(35)36)13(11-39-22(18)31)10-38-14-5-8-29(9-6-14)30-7-3-2-4-16(30)32/h5-6,8-9,12,18,22H,2-4,7,10-11H2,1H3,(H3-,25,26,27,33,35,36)/p+1/b28-17-/t18-,22-/m1/s1. The number of pyridine rings is 1. The van der Waals surface area contributed by atoms with Crippen LogP contribution in [-0.4, -0.2) is 81.0 Å². The van der Waals surface area contributed by atoms with Gasteiger partial charge in [0, 0.05) is 40.3 Å². The maximum absolute atomic E-state index is 13.1. The fourth-order valence-electron chi connectivity index (χ4n) is 4.56. The lowest BCUT2D eigenvalue weighted by Crippen LogP contribution is -2.71. The molecule has 5 rings (SSSR count). The number of amides is 3. The molecule has 2 atom stereocenters. The zero-order valence-electron chi connectivity index (χ0n) is 21.3. The Balaban J connectivity index is 1.25. The quantitative estimate of drug-likeness (QED) is 0.121.